The third kappa shape index (κ3) is 4.80. The van der Waals surface area contributed by atoms with E-state index in [1.165, 1.54) is 33.4 Å². The van der Waals surface area contributed by atoms with E-state index in [2.05, 4.69) is 60.7 Å². The number of hydrogen-bond acceptors (Lipinski definition) is 6. The van der Waals surface area contributed by atoms with Gasteiger partial charge in [-0.25, -0.2) is 0 Å². The van der Waals surface area contributed by atoms with Crippen molar-refractivity contribution < 1.29 is 28.6 Å². The lowest BCUT2D eigenvalue weighted by molar-refractivity contribution is -0.175. The first-order valence-corrected chi connectivity index (χ1v) is 16.8. The van der Waals surface area contributed by atoms with Crippen molar-refractivity contribution >= 4 is 17.9 Å². The maximum absolute atomic E-state index is 13.1. The topological polar surface area (TPSA) is 78.9 Å². The van der Waals surface area contributed by atoms with E-state index in [9.17, 15) is 14.4 Å². The van der Waals surface area contributed by atoms with Gasteiger partial charge in [-0.1, -0.05) is 97.1 Å². The van der Waals surface area contributed by atoms with Crippen LogP contribution in [0.15, 0.2) is 97.1 Å². The van der Waals surface area contributed by atoms with Crippen LogP contribution in [0.4, 0.5) is 0 Å². The van der Waals surface area contributed by atoms with Gasteiger partial charge in [0.05, 0.1) is 25.7 Å². The number of benzene rings is 4. The molecule has 0 N–H and O–H groups in total. The molecule has 0 aromatic heterocycles. The van der Waals surface area contributed by atoms with E-state index < -0.39 is 17.4 Å². The molecular weight excluding hydrogens is 588 g/mol. The first kappa shape index (κ1) is 30.9. The quantitative estimate of drug-likeness (QED) is 0.124. The molecule has 0 saturated carbocycles. The molecule has 4 aromatic rings. The van der Waals surface area contributed by atoms with E-state index >= 15 is 0 Å². The van der Waals surface area contributed by atoms with E-state index in [-0.39, 0.29) is 42.9 Å². The highest BCUT2D eigenvalue weighted by atomic mass is 16.6. The Balaban J connectivity index is 0.000000153. The van der Waals surface area contributed by atoms with Crippen molar-refractivity contribution in [1.82, 2.24) is 0 Å². The molecule has 1 atom stereocenters. The highest BCUT2D eigenvalue weighted by Gasteiger charge is 2.63. The van der Waals surface area contributed by atoms with Crippen LogP contribution in [0.2, 0.25) is 0 Å². The van der Waals surface area contributed by atoms with Crippen LogP contribution in [0.5, 0.6) is 0 Å². The normalized spacial score (nSPS) is 23.1. The maximum atomic E-state index is 13.1. The molecule has 0 fully saturated rings. The molecule has 0 heterocycles. The second kappa shape index (κ2) is 12.5. The first-order valence-electron chi connectivity index (χ1n) is 16.8. The predicted molar refractivity (Wildman–Crippen MR) is 178 cm³/mol. The van der Waals surface area contributed by atoms with Crippen molar-refractivity contribution in [2.24, 2.45) is 11.3 Å². The second-order valence-corrected chi connectivity index (χ2v) is 12.7. The summed E-state index contributed by atoms with van der Waals surface area (Å²) in [7, 11) is 0. The summed E-state index contributed by atoms with van der Waals surface area (Å²) in [4.78, 5) is 38.6. The van der Waals surface area contributed by atoms with Gasteiger partial charge < -0.3 is 14.2 Å². The van der Waals surface area contributed by atoms with Gasteiger partial charge in [0.25, 0.3) is 0 Å². The average molecular weight is 629 g/mol. The van der Waals surface area contributed by atoms with Crippen LogP contribution in [0, 0.1) is 11.3 Å². The van der Waals surface area contributed by atoms with Crippen LogP contribution in [0.25, 0.3) is 0 Å². The summed E-state index contributed by atoms with van der Waals surface area (Å²) < 4.78 is 16.1. The molecule has 6 nitrogen and oxygen atoms in total. The summed E-state index contributed by atoms with van der Waals surface area (Å²) in [5.74, 6) is -0.941. The number of fused-ring (bicyclic) bond motifs is 2. The molecule has 0 radical (unpaired) electrons. The fourth-order valence-corrected chi connectivity index (χ4v) is 8.83. The fourth-order valence-electron chi connectivity index (χ4n) is 8.83. The monoisotopic (exact) mass is 628 g/mol. The average Bonchev–Trinajstić information content (AvgIpc) is 3.12. The molecule has 47 heavy (non-hydrogen) atoms. The molecule has 6 heteroatoms. The van der Waals surface area contributed by atoms with Crippen molar-refractivity contribution in [1.29, 1.82) is 0 Å². The van der Waals surface area contributed by atoms with Crippen LogP contribution in [-0.4, -0.2) is 37.7 Å². The van der Waals surface area contributed by atoms with E-state index in [4.69, 9.17) is 14.2 Å². The van der Waals surface area contributed by atoms with Gasteiger partial charge in [0, 0.05) is 23.7 Å². The van der Waals surface area contributed by atoms with Crippen molar-refractivity contribution in [2.75, 3.05) is 19.8 Å². The summed E-state index contributed by atoms with van der Waals surface area (Å²) in [6.07, 6.45) is 1.26. The van der Waals surface area contributed by atoms with E-state index in [0.29, 0.717) is 18.9 Å². The summed E-state index contributed by atoms with van der Waals surface area (Å²) in [5, 5.41) is 0. The molecule has 0 spiro atoms. The molecule has 0 saturated heterocycles. The number of hydrogen-bond donors (Lipinski definition) is 0. The Hall–Kier alpha value is -4.71. The molecule has 0 aliphatic heterocycles. The number of esters is 3. The highest BCUT2D eigenvalue weighted by molar-refractivity contribution is 6.03. The third-order valence-electron chi connectivity index (χ3n) is 10.6. The van der Waals surface area contributed by atoms with Crippen molar-refractivity contribution in [3.8, 4) is 0 Å². The van der Waals surface area contributed by atoms with Gasteiger partial charge in [-0.15, -0.1) is 0 Å². The van der Waals surface area contributed by atoms with Gasteiger partial charge in [0.2, 0.25) is 0 Å². The number of carbonyl (C=O) groups excluding carboxylic acids is 3. The molecule has 6 aliphatic carbocycles. The van der Waals surface area contributed by atoms with Gasteiger partial charge in [-0.2, -0.15) is 0 Å². The van der Waals surface area contributed by atoms with Crippen LogP contribution in [0.1, 0.15) is 102 Å². The summed E-state index contributed by atoms with van der Waals surface area (Å²) in [6.45, 7) is 6.33. The second-order valence-electron chi connectivity index (χ2n) is 12.7. The SMILES string of the molecule is CCOC(=O)C1(C(=O)OCC)CC2c3ccccc3C1c1ccccc12.CCOC(=O)C1CC2c3ccccc3C1c1ccccc12. The minimum absolute atomic E-state index is 0.0128. The van der Waals surface area contributed by atoms with Crippen LogP contribution in [-0.2, 0) is 28.6 Å². The molecule has 4 bridgehead atoms. The Labute approximate surface area is 276 Å². The summed E-state index contributed by atoms with van der Waals surface area (Å²) in [6, 6.07) is 33.3. The molecule has 4 aromatic carbocycles. The molecule has 240 valence electrons. The van der Waals surface area contributed by atoms with Crippen molar-refractivity contribution in [3.05, 3.63) is 142 Å². The van der Waals surface area contributed by atoms with Gasteiger partial charge in [-0.05, 0) is 78.1 Å². The zero-order chi connectivity index (χ0) is 32.7. The zero-order valence-corrected chi connectivity index (χ0v) is 27.1. The Morgan fingerprint density at radius 3 is 1.36 bits per heavy atom. The Morgan fingerprint density at radius 1 is 0.553 bits per heavy atom. The van der Waals surface area contributed by atoms with Gasteiger partial charge >= 0.3 is 17.9 Å². The minimum Gasteiger partial charge on any atom is -0.466 e. The Bertz CT molecular complexity index is 1730. The largest absolute Gasteiger partial charge is 0.466 e. The molecular formula is C41H40O6. The van der Waals surface area contributed by atoms with Gasteiger partial charge in [0.15, 0.2) is 5.41 Å². The molecule has 10 rings (SSSR count). The molecule has 6 aliphatic rings. The zero-order valence-electron chi connectivity index (χ0n) is 27.1. The van der Waals surface area contributed by atoms with E-state index in [1.807, 2.05) is 43.3 Å². The minimum atomic E-state index is -1.32. The lowest BCUT2D eigenvalue weighted by Gasteiger charge is -2.49. The predicted octanol–water partition coefficient (Wildman–Crippen LogP) is 7.63. The lowest BCUT2D eigenvalue weighted by atomic mass is 9.52. The van der Waals surface area contributed by atoms with Gasteiger partial charge in [-0.3, -0.25) is 14.4 Å². The van der Waals surface area contributed by atoms with E-state index in [1.54, 1.807) is 13.8 Å². The van der Waals surface area contributed by atoms with Crippen LogP contribution in [0.3, 0.4) is 0 Å². The molecule has 1 unspecified atom stereocenters. The summed E-state index contributed by atoms with van der Waals surface area (Å²) >= 11 is 0. The van der Waals surface area contributed by atoms with Crippen molar-refractivity contribution in [3.63, 3.8) is 0 Å². The molecule has 0 amide bonds. The first-order chi connectivity index (χ1) is 23.0. The fraction of sp³-hybridized carbons (Fsp3) is 0.341. The van der Waals surface area contributed by atoms with Crippen molar-refractivity contribution in [2.45, 2.75) is 57.3 Å². The third-order valence-corrected chi connectivity index (χ3v) is 10.6. The van der Waals surface area contributed by atoms with Gasteiger partial charge in [0.1, 0.15) is 0 Å². The standard InChI is InChI=1S/C22H22O4.C19H18O2/c1-3-25-20(23)22(21(24)26-4-2)13-18-14-9-5-7-11-16(14)19(22)17-12-8-6-10-15(17)18;1-2-21-19(20)17-11-16-12-7-3-5-9-14(12)18(17)15-10-6-4-8-13(15)16/h5-12,18-19H,3-4,13H2,1-2H3;3-10,16-18H,2,11H2,1H3. The Kier molecular flexibility index (Phi) is 8.21. The van der Waals surface area contributed by atoms with Crippen LogP contribution < -0.4 is 0 Å². The van der Waals surface area contributed by atoms with Crippen LogP contribution >= 0.6 is 0 Å². The maximum Gasteiger partial charge on any atom is 0.324 e. The smallest absolute Gasteiger partial charge is 0.324 e. The lowest BCUT2D eigenvalue weighted by Crippen LogP contribution is -2.53. The number of ether oxygens (including phenoxy) is 3. The Morgan fingerprint density at radius 2 is 0.936 bits per heavy atom. The summed E-state index contributed by atoms with van der Waals surface area (Å²) in [5.41, 5.74) is 8.53. The number of rotatable bonds is 6. The number of carbonyl (C=O) groups is 3. The highest BCUT2D eigenvalue weighted by Crippen LogP contribution is 2.62. The van der Waals surface area contributed by atoms with E-state index in [0.717, 1.165) is 17.5 Å².